The summed E-state index contributed by atoms with van der Waals surface area (Å²) < 4.78 is 0. The van der Waals surface area contributed by atoms with Gasteiger partial charge in [-0.25, -0.2) is 10.1 Å². The number of hydrogen-bond donors (Lipinski definition) is 1. The highest BCUT2D eigenvalue weighted by atomic mass is 16.3. The zero-order valence-electron chi connectivity index (χ0n) is 6.29. The Morgan fingerprint density at radius 2 is 2.36 bits per heavy atom. The van der Waals surface area contributed by atoms with Crippen molar-refractivity contribution in [3.05, 3.63) is 24.4 Å². The molecule has 3 nitrogen and oxygen atoms in total. The summed E-state index contributed by atoms with van der Waals surface area (Å²) in [5.41, 5.74) is 0. The number of hydrogen-bond acceptors (Lipinski definition) is 2. The smallest absolute Gasteiger partial charge is 0.125 e. The second-order valence-electron chi connectivity index (χ2n) is 2.20. The van der Waals surface area contributed by atoms with Crippen LogP contribution in [0.15, 0.2) is 24.4 Å². The van der Waals surface area contributed by atoms with Gasteiger partial charge in [-0.15, -0.1) is 0 Å². The molecule has 0 saturated heterocycles. The molecular weight excluding hydrogens is 140 g/mol. The maximum atomic E-state index is 10.1. The molecule has 0 bridgehead atoms. The lowest BCUT2D eigenvalue weighted by atomic mass is 10.4. The highest BCUT2D eigenvalue weighted by Gasteiger charge is 1.88. The molecule has 0 atom stereocenters. The van der Waals surface area contributed by atoms with Crippen molar-refractivity contribution < 1.29 is 5.11 Å². The third-order valence-electron chi connectivity index (χ3n) is 1.29. The second-order valence-corrected chi connectivity index (χ2v) is 2.20. The lowest BCUT2D eigenvalue weighted by Gasteiger charge is -2.01. The predicted octanol–water partition coefficient (Wildman–Crippen LogP) is 1.31. The summed E-state index contributed by atoms with van der Waals surface area (Å²) >= 11 is 0. The Kier molecular flexibility index (Phi) is 3.41. The summed E-state index contributed by atoms with van der Waals surface area (Å²) in [6.07, 6.45) is 2.37. The van der Waals surface area contributed by atoms with Crippen molar-refractivity contribution in [3.8, 4) is 0 Å². The van der Waals surface area contributed by atoms with Gasteiger partial charge in [0.1, 0.15) is 5.82 Å². The normalized spacial score (nSPS) is 9.55. The maximum Gasteiger partial charge on any atom is 0.125 e. The fraction of sp³-hybridized carbons (Fsp3) is 0.375. The molecule has 1 aromatic rings. The van der Waals surface area contributed by atoms with Crippen LogP contribution in [0.3, 0.4) is 0 Å². The van der Waals surface area contributed by atoms with Crippen LogP contribution in [0, 0.1) is 0 Å². The van der Waals surface area contributed by atoms with Gasteiger partial charge in [0.05, 0.1) is 6.61 Å². The van der Waals surface area contributed by atoms with Gasteiger partial charge in [0.25, 0.3) is 0 Å². The molecule has 0 unspecified atom stereocenters. The van der Waals surface area contributed by atoms with E-state index in [1.165, 1.54) is 0 Å². The molecular formula is C8H11N2O. The monoisotopic (exact) mass is 151 g/mol. The zero-order valence-corrected chi connectivity index (χ0v) is 6.29. The zero-order chi connectivity index (χ0) is 7.94. The highest BCUT2D eigenvalue weighted by Crippen LogP contribution is 1.98. The van der Waals surface area contributed by atoms with Crippen LogP contribution in [-0.2, 0) is 5.11 Å². The Morgan fingerprint density at radius 1 is 1.45 bits per heavy atom. The summed E-state index contributed by atoms with van der Waals surface area (Å²) in [6.45, 7) is 0.681. The molecule has 1 radical (unpaired) electrons. The van der Waals surface area contributed by atoms with Gasteiger partial charge in [-0.05, 0) is 18.6 Å². The Bertz CT molecular complexity index is 189. The number of nitrogens with one attached hydrogen (secondary N) is 1. The Hall–Kier alpha value is -1.09. The molecule has 1 rings (SSSR count). The lowest BCUT2D eigenvalue weighted by Crippen LogP contribution is -2.03. The molecule has 0 aliphatic heterocycles. The molecule has 1 aromatic heterocycles. The Balaban J connectivity index is 2.28. The van der Waals surface area contributed by atoms with Crippen molar-refractivity contribution in [2.24, 2.45) is 0 Å². The van der Waals surface area contributed by atoms with Crippen LogP contribution in [-0.4, -0.2) is 18.1 Å². The molecule has 0 amide bonds. The molecule has 59 valence electrons. The van der Waals surface area contributed by atoms with Gasteiger partial charge < -0.3 is 5.32 Å². The molecule has 11 heavy (non-hydrogen) atoms. The van der Waals surface area contributed by atoms with E-state index in [1.54, 1.807) is 6.20 Å². The molecule has 0 aliphatic carbocycles. The van der Waals surface area contributed by atoms with Crippen molar-refractivity contribution in [1.82, 2.24) is 4.98 Å². The molecule has 3 heteroatoms. The van der Waals surface area contributed by atoms with Crippen LogP contribution < -0.4 is 5.32 Å². The van der Waals surface area contributed by atoms with E-state index in [9.17, 15) is 5.11 Å². The number of rotatable bonds is 4. The third-order valence-corrected chi connectivity index (χ3v) is 1.29. The number of anilines is 1. The van der Waals surface area contributed by atoms with Gasteiger partial charge in [0.2, 0.25) is 0 Å². The van der Waals surface area contributed by atoms with Crippen LogP contribution in [0.2, 0.25) is 0 Å². The second kappa shape index (κ2) is 4.68. The average molecular weight is 151 g/mol. The van der Waals surface area contributed by atoms with Gasteiger partial charge in [0, 0.05) is 12.7 Å². The highest BCUT2D eigenvalue weighted by molar-refractivity contribution is 5.32. The fourth-order valence-corrected chi connectivity index (χ4v) is 0.756. The third kappa shape index (κ3) is 3.00. The van der Waals surface area contributed by atoms with Gasteiger partial charge in [0.15, 0.2) is 0 Å². The van der Waals surface area contributed by atoms with E-state index < -0.39 is 0 Å². The van der Waals surface area contributed by atoms with Crippen LogP contribution in [0.5, 0.6) is 0 Å². The van der Waals surface area contributed by atoms with Crippen molar-refractivity contribution >= 4 is 5.82 Å². The molecule has 0 aliphatic rings. The van der Waals surface area contributed by atoms with E-state index in [-0.39, 0.29) is 6.61 Å². The molecule has 0 aromatic carbocycles. The van der Waals surface area contributed by atoms with E-state index in [4.69, 9.17) is 0 Å². The Morgan fingerprint density at radius 3 is 3.00 bits per heavy atom. The van der Waals surface area contributed by atoms with Gasteiger partial charge in [-0.2, -0.15) is 0 Å². The average Bonchev–Trinajstić information content (AvgIpc) is 2.07. The van der Waals surface area contributed by atoms with Gasteiger partial charge >= 0.3 is 0 Å². The summed E-state index contributed by atoms with van der Waals surface area (Å²) in [4.78, 5) is 4.04. The Labute approximate surface area is 66.1 Å². The van der Waals surface area contributed by atoms with E-state index in [2.05, 4.69) is 10.3 Å². The first kappa shape index (κ1) is 8.01. The van der Waals surface area contributed by atoms with E-state index in [1.807, 2.05) is 18.2 Å². The summed E-state index contributed by atoms with van der Waals surface area (Å²) in [7, 11) is 0. The first-order valence-corrected chi connectivity index (χ1v) is 3.66. The number of aromatic nitrogens is 1. The molecule has 0 saturated carbocycles. The van der Waals surface area contributed by atoms with E-state index in [0.29, 0.717) is 13.0 Å². The lowest BCUT2D eigenvalue weighted by molar-refractivity contribution is 0.192. The standard InChI is InChI=1S/C8H11N2O/c11-7-3-6-10-8-4-1-2-5-9-8/h1-2,4-5H,3,6-7H2,(H,9,10). The SMILES string of the molecule is [O]CCCNc1ccccn1. The summed E-state index contributed by atoms with van der Waals surface area (Å²) in [5, 5.41) is 13.1. The van der Waals surface area contributed by atoms with Crippen molar-refractivity contribution in [2.75, 3.05) is 18.5 Å². The quantitative estimate of drug-likeness (QED) is 0.659. The van der Waals surface area contributed by atoms with Crippen LogP contribution in [0.25, 0.3) is 0 Å². The largest absolute Gasteiger partial charge is 0.370 e. The van der Waals surface area contributed by atoms with Crippen LogP contribution in [0.1, 0.15) is 6.42 Å². The molecule has 1 heterocycles. The van der Waals surface area contributed by atoms with Crippen LogP contribution in [0.4, 0.5) is 5.82 Å². The molecule has 1 N–H and O–H groups in total. The molecule has 0 spiro atoms. The van der Waals surface area contributed by atoms with Crippen molar-refractivity contribution in [1.29, 1.82) is 0 Å². The van der Waals surface area contributed by atoms with Crippen molar-refractivity contribution in [3.63, 3.8) is 0 Å². The predicted molar refractivity (Wildman–Crippen MR) is 42.9 cm³/mol. The van der Waals surface area contributed by atoms with E-state index >= 15 is 0 Å². The first-order valence-electron chi connectivity index (χ1n) is 3.66. The van der Waals surface area contributed by atoms with Crippen LogP contribution >= 0.6 is 0 Å². The summed E-state index contributed by atoms with van der Waals surface area (Å²) in [6, 6.07) is 5.65. The number of nitrogens with zero attached hydrogens (tertiary/aromatic N) is 1. The topological polar surface area (TPSA) is 44.8 Å². The van der Waals surface area contributed by atoms with Gasteiger partial charge in [-0.3, -0.25) is 0 Å². The fourth-order valence-electron chi connectivity index (χ4n) is 0.756. The minimum atomic E-state index is -0.0279. The summed E-state index contributed by atoms with van der Waals surface area (Å²) in [5.74, 6) is 0.834. The van der Waals surface area contributed by atoms with Crippen molar-refractivity contribution in [2.45, 2.75) is 6.42 Å². The minimum Gasteiger partial charge on any atom is -0.370 e. The molecule has 0 fully saturated rings. The van der Waals surface area contributed by atoms with Gasteiger partial charge in [-0.1, -0.05) is 6.07 Å². The first-order chi connectivity index (χ1) is 5.43. The maximum absolute atomic E-state index is 10.1. The van der Waals surface area contributed by atoms with E-state index in [0.717, 1.165) is 5.82 Å². The number of pyridine rings is 1. The minimum absolute atomic E-state index is 0.0279.